The molecule has 0 amide bonds. The molecular weight excluding hydrogens is 264 g/mol. The van der Waals surface area contributed by atoms with E-state index in [2.05, 4.69) is 41.1 Å². The highest BCUT2D eigenvalue weighted by atomic mass is 16.5. The summed E-state index contributed by atoms with van der Waals surface area (Å²) in [7, 11) is 2.12. The summed E-state index contributed by atoms with van der Waals surface area (Å²) in [6.07, 6.45) is 3.75. The Bertz CT molecular complexity index is 422. The third-order valence-electron chi connectivity index (χ3n) is 4.03. The van der Waals surface area contributed by atoms with Gasteiger partial charge < -0.3 is 15.0 Å². The fourth-order valence-corrected chi connectivity index (χ4v) is 2.37. The van der Waals surface area contributed by atoms with Crippen LogP contribution in [0.2, 0.25) is 0 Å². The lowest BCUT2D eigenvalue weighted by molar-refractivity contribution is 0.128. The molecule has 1 heterocycles. The molecule has 1 fully saturated rings. The molecule has 1 N–H and O–H groups in total. The van der Waals surface area contributed by atoms with Crippen molar-refractivity contribution in [2.45, 2.75) is 52.7 Å². The van der Waals surface area contributed by atoms with Crippen LogP contribution in [0.5, 0.6) is 0 Å². The van der Waals surface area contributed by atoms with E-state index in [0.717, 1.165) is 36.3 Å². The quantitative estimate of drug-likeness (QED) is 0.758. The van der Waals surface area contributed by atoms with Crippen LogP contribution in [-0.4, -0.2) is 36.2 Å². The van der Waals surface area contributed by atoms with Gasteiger partial charge in [-0.3, -0.25) is 0 Å². The average molecular weight is 292 g/mol. The number of rotatable bonds is 9. The van der Waals surface area contributed by atoms with Crippen LogP contribution in [0, 0.1) is 5.92 Å². The summed E-state index contributed by atoms with van der Waals surface area (Å²) in [5.41, 5.74) is 0. The number of ether oxygens (including phenoxy) is 1. The molecule has 1 saturated carbocycles. The highest BCUT2D eigenvalue weighted by Gasteiger charge is 2.31. The van der Waals surface area contributed by atoms with Crippen molar-refractivity contribution in [1.29, 1.82) is 0 Å². The van der Waals surface area contributed by atoms with Gasteiger partial charge in [-0.25, -0.2) is 9.97 Å². The topological polar surface area (TPSA) is 50.3 Å². The van der Waals surface area contributed by atoms with Gasteiger partial charge in [-0.05, 0) is 39.0 Å². The van der Waals surface area contributed by atoms with Crippen LogP contribution >= 0.6 is 0 Å². The minimum Gasteiger partial charge on any atom is -0.374 e. The molecule has 118 valence electrons. The van der Waals surface area contributed by atoms with Gasteiger partial charge >= 0.3 is 0 Å². The number of nitrogens with one attached hydrogen (secondary N) is 1. The molecule has 0 saturated heterocycles. The molecule has 1 unspecified atom stereocenters. The number of aromatic nitrogens is 2. The third-order valence-corrected chi connectivity index (χ3v) is 4.03. The van der Waals surface area contributed by atoms with Gasteiger partial charge in [0.25, 0.3) is 0 Å². The number of hydrogen-bond acceptors (Lipinski definition) is 5. The largest absolute Gasteiger partial charge is 0.374 e. The summed E-state index contributed by atoms with van der Waals surface area (Å²) < 4.78 is 5.46. The maximum absolute atomic E-state index is 5.46. The Balaban J connectivity index is 2.16. The standard InChI is InChI=1S/C16H28N4O/c1-5-9-17-14-10-16(19-15(18-14)11-21-6-2)20(4)12(3)13-7-8-13/h10,12-13H,5-9,11H2,1-4H3,(H,17,18,19). The highest BCUT2D eigenvalue weighted by molar-refractivity contribution is 5.49. The van der Waals surface area contributed by atoms with Crippen LogP contribution in [0.4, 0.5) is 11.6 Å². The van der Waals surface area contributed by atoms with E-state index in [1.165, 1.54) is 12.8 Å². The van der Waals surface area contributed by atoms with Crippen molar-refractivity contribution in [3.63, 3.8) is 0 Å². The summed E-state index contributed by atoms with van der Waals surface area (Å²) in [5, 5.41) is 3.36. The van der Waals surface area contributed by atoms with Crippen molar-refractivity contribution >= 4 is 11.6 Å². The predicted octanol–water partition coefficient (Wildman–Crippen LogP) is 3.07. The number of nitrogens with zero attached hydrogens (tertiary/aromatic N) is 3. The van der Waals surface area contributed by atoms with Crippen molar-refractivity contribution in [1.82, 2.24) is 9.97 Å². The lowest BCUT2D eigenvalue weighted by Gasteiger charge is -2.26. The Morgan fingerprint density at radius 1 is 1.38 bits per heavy atom. The van der Waals surface area contributed by atoms with Crippen LogP contribution in [0.25, 0.3) is 0 Å². The molecule has 0 spiro atoms. The van der Waals surface area contributed by atoms with Crippen LogP contribution in [0.3, 0.4) is 0 Å². The summed E-state index contributed by atoms with van der Waals surface area (Å²) >= 11 is 0. The smallest absolute Gasteiger partial charge is 0.158 e. The van der Waals surface area contributed by atoms with Crippen LogP contribution in [0.1, 0.15) is 45.9 Å². The van der Waals surface area contributed by atoms with E-state index in [1.807, 2.05) is 13.0 Å². The Morgan fingerprint density at radius 2 is 2.14 bits per heavy atom. The van der Waals surface area contributed by atoms with E-state index in [4.69, 9.17) is 4.74 Å². The lowest BCUT2D eigenvalue weighted by Crippen LogP contribution is -2.31. The maximum atomic E-state index is 5.46. The number of hydrogen-bond donors (Lipinski definition) is 1. The highest BCUT2D eigenvalue weighted by Crippen LogP contribution is 2.36. The molecule has 1 aromatic heterocycles. The van der Waals surface area contributed by atoms with Crippen LogP contribution in [-0.2, 0) is 11.3 Å². The van der Waals surface area contributed by atoms with E-state index in [1.54, 1.807) is 0 Å². The first-order valence-electron chi connectivity index (χ1n) is 8.08. The lowest BCUT2D eigenvalue weighted by atomic mass is 10.2. The zero-order chi connectivity index (χ0) is 15.2. The second-order valence-electron chi connectivity index (χ2n) is 5.78. The van der Waals surface area contributed by atoms with Crippen molar-refractivity contribution in [3.8, 4) is 0 Å². The number of anilines is 2. The molecule has 5 nitrogen and oxygen atoms in total. The molecule has 0 radical (unpaired) electrons. The third kappa shape index (κ3) is 4.56. The van der Waals surface area contributed by atoms with Crippen molar-refractivity contribution in [2.75, 3.05) is 30.4 Å². The van der Waals surface area contributed by atoms with E-state index in [0.29, 0.717) is 19.3 Å². The van der Waals surface area contributed by atoms with E-state index >= 15 is 0 Å². The monoisotopic (exact) mass is 292 g/mol. The molecule has 2 rings (SSSR count). The van der Waals surface area contributed by atoms with Gasteiger partial charge in [0.05, 0.1) is 0 Å². The minimum absolute atomic E-state index is 0.469. The zero-order valence-electron chi connectivity index (χ0n) is 13.7. The fraction of sp³-hybridized carbons (Fsp3) is 0.750. The first-order chi connectivity index (χ1) is 10.2. The van der Waals surface area contributed by atoms with Crippen molar-refractivity contribution < 1.29 is 4.74 Å². The molecule has 1 aliphatic rings. The minimum atomic E-state index is 0.469. The molecule has 0 aromatic carbocycles. The van der Waals surface area contributed by atoms with Gasteiger partial charge in [0.1, 0.15) is 18.2 Å². The van der Waals surface area contributed by atoms with Gasteiger partial charge in [0.2, 0.25) is 0 Å². The summed E-state index contributed by atoms with van der Waals surface area (Å²) in [5.74, 6) is 3.44. The molecule has 0 bridgehead atoms. The molecule has 1 aromatic rings. The average Bonchev–Trinajstić information content (AvgIpc) is 3.34. The first-order valence-corrected chi connectivity index (χ1v) is 8.08. The van der Waals surface area contributed by atoms with Gasteiger partial charge in [0.15, 0.2) is 5.82 Å². The van der Waals surface area contributed by atoms with Crippen molar-refractivity contribution in [3.05, 3.63) is 11.9 Å². The molecular formula is C16H28N4O. The van der Waals surface area contributed by atoms with E-state index in [9.17, 15) is 0 Å². The van der Waals surface area contributed by atoms with Gasteiger partial charge in [-0.2, -0.15) is 0 Å². The first kappa shape index (κ1) is 16.0. The Labute approximate surface area is 128 Å². The van der Waals surface area contributed by atoms with Crippen LogP contribution < -0.4 is 10.2 Å². The SMILES string of the molecule is CCCNc1cc(N(C)C(C)C2CC2)nc(COCC)n1. The second-order valence-corrected chi connectivity index (χ2v) is 5.78. The van der Waals surface area contributed by atoms with Crippen LogP contribution in [0.15, 0.2) is 6.07 Å². The second kappa shape index (κ2) is 7.59. The van der Waals surface area contributed by atoms with Gasteiger partial charge in [0, 0.05) is 32.3 Å². The van der Waals surface area contributed by atoms with Gasteiger partial charge in [-0.1, -0.05) is 6.92 Å². The van der Waals surface area contributed by atoms with Gasteiger partial charge in [-0.15, -0.1) is 0 Å². The molecule has 21 heavy (non-hydrogen) atoms. The zero-order valence-corrected chi connectivity index (χ0v) is 13.7. The van der Waals surface area contributed by atoms with E-state index in [-0.39, 0.29) is 0 Å². The fourth-order valence-electron chi connectivity index (χ4n) is 2.37. The molecule has 1 aliphatic carbocycles. The Morgan fingerprint density at radius 3 is 2.76 bits per heavy atom. The Kier molecular flexibility index (Phi) is 5.79. The molecule has 1 atom stereocenters. The predicted molar refractivity (Wildman–Crippen MR) is 86.7 cm³/mol. The molecule has 5 heteroatoms. The summed E-state index contributed by atoms with van der Waals surface area (Å²) in [6, 6.07) is 2.57. The van der Waals surface area contributed by atoms with Crippen molar-refractivity contribution in [2.24, 2.45) is 5.92 Å². The maximum Gasteiger partial charge on any atom is 0.158 e. The summed E-state index contributed by atoms with van der Waals surface area (Å²) in [4.78, 5) is 11.5. The summed E-state index contributed by atoms with van der Waals surface area (Å²) in [6.45, 7) is 8.49. The Hall–Kier alpha value is -1.36. The van der Waals surface area contributed by atoms with E-state index < -0.39 is 0 Å². The normalized spacial score (nSPS) is 15.8. The molecule has 0 aliphatic heterocycles.